The maximum absolute atomic E-state index is 11.8. The molecule has 2 N–H and O–H groups in total. The molecule has 0 unspecified atom stereocenters. The number of carbonyl (C=O) groups is 1. The van der Waals surface area contributed by atoms with Crippen LogP contribution in [0.4, 0.5) is 10.6 Å². The van der Waals surface area contributed by atoms with Crippen LogP contribution in [0, 0.1) is 6.92 Å². The maximum atomic E-state index is 11.8. The van der Waals surface area contributed by atoms with Crippen LogP contribution in [-0.2, 0) is 13.1 Å². The van der Waals surface area contributed by atoms with Crippen LogP contribution >= 0.6 is 0 Å². The third-order valence-electron chi connectivity index (χ3n) is 2.91. The molecule has 2 rings (SSSR count). The van der Waals surface area contributed by atoms with E-state index in [1.807, 2.05) is 32.3 Å². The summed E-state index contributed by atoms with van der Waals surface area (Å²) in [4.78, 5) is 13.9. The fourth-order valence-electron chi connectivity index (χ4n) is 1.99. The summed E-state index contributed by atoms with van der Waals surface area (Å²) in [5.41, 5.74) is 2.29. The number of carbonyl (C=O) groups excluding carboxylic acids is 1. The maximum Gasteiger partial charge on any atom is 0.320 e. The molecule has 0 aliphatic rings. The molecule has 1 aromatic carbocycles. The van der Waals surface area contributed by atoms with Crippen LogP contribution in [0.5, 0.6) is 0 Å². The Morgan fingerprint density at radius 2 is 2.00 bits per heavy atom. The van der Waals surface area contributed by atoms with E-state index in [1.54, 1.807) is 13.0 Å². The number of benzene rings is 1. The second-order valence-electron chi connectivity index (χ2n) is 5.14. The molecule has 1 heterocycles. The minimum Gasteiger partial charge on any atom is -0.360 e. The van der Waals surface area contributed by atoms with Gasteiger partial charge >= 0.3 is 6.03 Å². The zero-order valence-electron chi connectivity index (χ0n) is 12.5. The van der Waals surface area contributed by atoms with Crippen molar-refractivity contribution in [3.8, 4) is 0 Å². The first kappa shape index (κ1) is 15.1. The fraction of sp³-hybridized carbons (Fsp3) is 0.333. The summed E-state index contributed by atoms with van der Waals surface area (Å²) in [6, 6.07) is 9.41. The van der Waals surface area contributed by atoms with Crippen LogP contribution in [-0.4, -0.2) is 30.2 Å². The van der Waals surface area contributed by atoms with Gasteiger partial charge in [0.2, 0.25) is 0 Å². The van der Waals surface area contributed by atoms with E-state index >= 15 is 0 Å². The van der Waals surface area contributed by atoms with E-state index < -0.39 is 0 Å². The van der Waals surface area contributed by atoms with Crippen LogP contribution in [0.25, 0.3) is 0 Å². The van der Waals surface area contributed by atoms with Crippen molar-refractivity contribution in [1.82, 2.24) is 15.4 Å². The molecule has 6 nitrogen and oxygen atoms in total. The van der Waals surface area contributed by atoms with Gasteiger partial charge in [0.05, 0.1) is 0 Å². The number of nitrogens with one attached hydrogen (secondary N) is 2. The molecule has 0 saturated carbocycles. The van der Waals surface area contributed by atoms with E-state index in [4.69, 9.17) is 4.52 Å². The summed E-state index contributed by atoms with van der Waals surface area (Å²) in [5.74, 6) is 1.06. The lowest BCUT2D eigenvalue weighted by Crippen LogP contribution is -2.29. The number of nitrogens with zero attached hydrogens (tertiary/aromatic N) is 2. The summed E-state index contributed by atoms with van der Waals surface area (Å²) in [7, 11) is 4.04. The molecule has 6 heteroatoms. The summed E-state index contributed by atoms with van der Waals surface area (Å²) in [6.45, 7) is 3.07. The van der Waals surface area contributed by atoms with E-state index in [0.29, 0.717) is 18.1 Å². The Hall–Kier alpha value is -2.34. The van der Waals surface area contributed by atoms with Gasteiger partial charge in [0, 0.05) is 19.2 Å². The summed E-state index contributed by atoms with van der Waals surface area (Å²) in [6.07, 6.45) is 0. The van der Waals surface area contributed by atoms with Crippen molar-refractivity contribution >= 4 is 11.8 Å². The number of hydrogen-bond acceptors (Lipinski definition) is 4. The highest BCUT2D eigenvalue weighted by molar-refractivity contribution is 5.88. The highest BCUT2D eigenvalue weighted by Crippen LogP contribution is 2.11. The van der Waals surface area contributed by atoms with Crippen molar-refractivity contribution < 1.29 is 9.32 Å². The second kappa shape index (κ2) is 6.90. The highest BCUT2D eigenvalue weighted by Gasteiger charge is 2.07. The number of amides is 2. The molecule has 1 aromatic heterocycles. The standard InChI is InChI=1S/C15H20N4O2/c1-11-8-14(18-21-11)17-15(20)16-9-12-6-4-5-7-13(12)10-19(2)3/h4-8H,9-10H2,1-3H3,(H2,16,17,18,20). The molecule has 2 amide bonds. The number of aryl methyl sites for hydroxylation is 1. The van der Waals surface area contributed by atoms with E-state index in [9.17, 15) is 4.79 Å². The Kier molecular flexibility index (Phi) is 4.94. The quantitative estimate of drug-likeness (QED) is 0.886. The van der Waals surface area contributed by atoms with Gasteiger partial charge in [0.1, 0.15) is 5.76 Å². The molecule has 21 heavy (non-hydrogen) atoms. The molecule has 0 radical (unpaired) electrons. The molecule has 0 saturated heterocycles. The summed E-state index contributed by atoms with van der Waals surface area (Å²) >= 11 is 0. The summed E-state index contributed by atoms with van der Waals surface area (Å²) in [5, 5.41) is 9.16. The lowest BCUT2D eigenvalue weighted by molar-refractivity contribution is 0.251. The van der Waals surface area contributed by atoms with Gasteiger partial charge in [-0.05, 0) is 32.1 Å². The van der Waals surface area contributed by atoms with Gasteiger partial charge < -0.3 is 14.7 Å². The number of anilines is 1. The first-order chi connectivity index (χ1) is 10.0. The van der Waals surface area contributed by atoms with Gasteiger partial charge in [0.25, 0.3) is 0 Å². The third-order valence-corrected chi connectivity index (χ3v) is 2.91. The summed E-state index contributed by atoms with van der Waals surface area (Å²) < 4.78 is 4.89. The van der Waals surface area contributed by atoms with Crippen LogP contribution in [0.1, 0.15) is 16.9 Å². The molecule has 0 spiro atoms. The number of hydrogen-bond donors (Lipinski definition) is 2. The average molecular weight is 288 g/mol. The lowest BCUT2D eigenvalue weighted by atomic mass is 10.1. The fourth-order valence-corrected chi connectivity index (χ4v) is 1.99. The van der Waals surface area contributed by atoms with Crippen molar-refractivity contribution in [2.45, 2.75) is 20.0 Å². The SMILES string of the molecule is Cc1cc(NC(=O)NCc2ccccc2CN(C)C)no1. The predicted molar refractivity (Wildman–Crippen MR) is 80.9 cm³/mol. The molecule has 2 aromatic rings. The highest BCUT2D eigenvalue weighted by atomic mass is 16.5. The van der Waals surface area contributed by atoms with Crippen molar-refractivity contribution in [3.63, 3.8) is 0 Å². The van der Waals surface area contributed by atoms with E-state index in [-0.39, 0.29) is 6.03 Å². The van der Waals surface area contributed by atoms with Crippen molar-refractivity contribution in [1.29, 1.82) is 0 Å². The molecule has 112 valence electrons. The smallest absolute Gasteiger partial charge is 0.320 e. The zero-order chi connectivity index (χ0) is 15.2. The normalized spacial score (nSPS) is 10.7. The van der Waals surface area contributed by atoms with Gasteiger partial charge in [-0.2, -0.15) is 0 Å². The molecule has 0 bridgehead atoms. The first-order valence-electron chi connectivity index (χ1n) is 6.74. The van der Waals surface area contributed by atoms with Crippen LogP contribution in [0.15, 0.2) is 34.9 Å². The largest absolute Gasteiger partial charge is 0.360 e. The van der Waals surface area contributed by atoms with Gasteiger partial charge in [-0.3, -0.25) is 5.32 Å². The molecule has 0 atom stereocenters. The Bertz CT molecular complexity index is 607. The Morgan fingerprint density at radius 1 is 1.29 bits per heavy atom. The minimum atomic E-state index is -0.303. The zero-order valence-corrected chi connectivity index (χ0v) is 12.5. The third kappa shape index (κ3) is 4.61. The number of aromatic nitrogens is 1. The second-order valence-corrected chi connectivity index (χ2v) is 5.14. The van der Waals surface area contributed by atoms with Crippen molar-refractivity contribution in [2.24, 2.45) is 0 Å². The predicted octanol–water partition coefficient (Wildman–Crippen LogP) is 2.37. The minimum absolute atomic E-state index is 0.303. The number of rotatable bonds is 5. The van der Waals surface area contributed by atoms with Crippen LogP contribution in [0.2, 0.25) is 0 Å². The van der Waals surface area contributed by atoms with E-state index in [1.165, 1.54) is 5.56 Å². The number of urea groups is 1. The van der Waals surface area contributed by atoms with Gasteiger partial charge in [-0.1, -0.05) is 29.4 Å². The van der Waals surface area contributed by atoms with Crippen molar-refractivity contribution in [3.05, 3.63) is 47.2 Å². The van der Waals surface area contributed by atoms with Crippen molar-refractivity contribution in [2.75, 3.05) is 19.4 Å². The Labute approximate surface area is 124 Å². The van der Waals surface area contributed by atoms with Gasteiger partial charge in [-0.25, -0.2) is 4.79 Å². The van der Waals surface area contributed by atoms with Crippen LogP contribution in [0.3, 0.4) is 0 Å². The molecular formula is C15H20N4O2. The molecule has 0 fully saturated rings. The van der Waals surface area contributed by atoms with E-state index in [2.05, 4.69) is 26.8 Å². The van der Waals surface area contributed by atoms with Crippen LogP contribution < -0.4 is 10.6 Å². The molecule has 0 aliphatic heterocycles. The first-order valence-corrected chi connectivity index (χ1v) is 6.74. The monoisotopic (exact) mass is 288 g/mol. The average Bonchev–Trinajstić information content (AvgIpc) is 2.82. The van der Waals surface area contributed by atoms with E-state index in [0.717, 1.165) is 12.1 Å². The lowest BCUT2D eigenvalue weighted by Gasteiger charge is -2.14. The van der Waals surface area contributed by atoms with Gasteiger partial charge in [0.15, 0.2) is 5.82 Å². The Morgan fingerprint density at radius 3 is 2.62 bits per heavy atom. The van der Waals surface area contributed by atoms with Gasteiger partial charge in [-0.15, -0.1) is 0 Å². The Balaban J connectivity index is 1.92. The molecular weight excluding hydrogens is 268 g/mol. The molecule has 0 aliphatic carbocycles. The topological polar surface area (TPSA) is 70.4 Å².